The minimum Gasteiger partial charge on any atom is -0.496 e. The lowest BCUT2D eigenvalue weighted by molar-refractivity contribution is 0.416. The van der Waals surface area contributed by atoms with Gasteiger partial charge in [-0.1, -0.05) is 12.1 Å². The van der Waals surface area contributed by atoms with E-state index in [-0.39, 0.29) is 6.04 Å². The predicted molar refractivity (Wildman–Crippen MR) is 71.6 cm³/mol. The highest BCUT2D eigenvalue weighted by molar-refractivity contribution is 7.13. The van der Waals surface area contributed by atoms with Gasteiger partial charge in [0, 0.05) is 11.4 Å². The number of hydrogen-bond acceptors (Lipinski definition) is 4. The van der Waals surface area contributed by atoms with Gasteiger partial charge < -0.3 is 10.1 Å². The van der Waals surface area contributed by atoms with E-state index in [1.807, 2.05) is 31.3 Å². The van der Waals surface area contributed by atoms with Gasteiger partial charge in [0.15, 0.2) is 0 Å². The Balaban J connectivity index is 2.37. The largest absolute Gasteiger partial charge is 0.496 e. The zero-order valence-corrected chi connectivity index (χ0v) is 11.0. The normalized spacial score (nSPS) is 12.4. The zero-order chi connectivity index (χ0) is 12.3. The smallest absolute Gasteiger partial charge is 0.129 e. The van der Waals surface area contributed by atoms with Crippen LogP contribution >= 0.6 is 11.3 Å². The van der Waals surface area contributed by atoms with E-state index in [1.54, 1.807) is 18.4 Å². The molecule has 0 amide bonds. The summed E-state index contributed by atoms with van der Waals surface area (Å²) in [7, 11) is 3.62. The van der Waals surface area contributed by atoms with Gasteiger partial charge in [0.25, 0.3) is 0 Å². The minimum absolute atomic E-state index is 0.273. The number of thiazole rings is 1. The van der Waals surface area contributed by atoms with E-state index < -0.39 is 0 Å². The molecule has 0 aliphatic heterocycles. The van der Waals surface area contributed by atoms with Crippen LogP contribution in [0, 0.1) is 0 Å². The molecule has 0 saturated carbocycles. The number of nitrogens with zero attached hydrogens (tertiary/aromatic N) is 1. The highest BCUT2D eigenvalue weighted by Gasteiger charge is 2.12. The molecule has 2 aromatic rings. The number of para-hydroxylation sites is 1. The van der Waals surface area contributed by atoms with Crippen molar-refractivity contribution in [2.75, 3.05) is 14.2 Å². The van der Waals surface area contributed by atoms with Crippen molar-refractivity contribution in [2.45, 2.75) is 13.0 Å². The summed E-state index contributed by atoms with van der Waals surface area (Å²) in [5.74, 6) is 0.866. The number of methoxy groups -OCH3 is 1. The van der Waals surface area contributed by atoms with Gasteiger partial charge in [0.1, 0.15) is 10.8 Å². The summed E-state index contributed by atoms with van der Waals surface area (Å²) in [5.41, 5.74) is 2.12. The first-order valence-corrected chi connectivity index (χ1v) is 6.40. The summed E-state index contributed by atoms with van der Waals surface area (Å²) >= 11 is 1.64. The monoisotopic (exact) mass is 248 g/mol. The molecule has 0 bridgehead atoms. The highest BCUT2D eigenvalue weighted by Crippen LogP contribution is 2.32. The van der Waals surface area contributed by atoms with Crippen LogP contribution in [0.3, 0.4) is 0 Å². The Labute approximate surface area is 105 Å². The van der Waals surface area contributed by atoms with E-state index >= 15 is 0 Å². The number of hydrogen-bond donors (Lipinski definition) is 1. The molecule has 0 saturated heterocycles. The lowest BCUT2D eigenvalue weighted by Gasteiger charge is -2.06. The van der Waals surface area contributed by atoms with Gasteiger partial charge in [0.2, 0.25) is 0 Å². The lowest BCUT2D eigenvalue weighted by atomic mass is 10.2. The average Bonchev–Trinajstić information content (AvgIpc) is 2.87. The molecule has 3 nitrogen and oxygen atoms in total. The Morgan fingerprint density at radius 1 is 1.35 bits per heavy atom. The van der Waals surface area contributed by atoms with Crippen molar-refractivity contribution >= 4 is 11.3 Å². The standard InChI is InChI=1S/C13H16N2OS/c1-9(14-2)11-8-17-13(15-11)10-6-4-5-7-12(10)16-3/h4-9,14H,1-3H3. The second kappa shape index (κ2) is 5.29. The molecule has 1 N–H and O–H groups in total. The number of benzene rings is 1. The van der Waals surface area contributed by atoms with E-state index in [2.05, 4.69) is 22.6 Å². The second-order valence-corrected chi connectivity index (χ2v) is 4.65. The fourth-order valence-electron chi connectivity index (χ4n) is 1.58. The molecule has 1 aromatic carbocycles. The summed E-state index contributed by atoms with van der Waals surface area (Å²) in [6.07, 6.45) is 0. The second-order valence-electron chi connectivity index (χ2n) is 3.79. The van der Waals surface area contributed by atoms with Gasteiger partial charge in [-0.15, -0.1) is 11.3 Å². The molecule has 17 heavy (non-hydrogen) atoms. The fourth-order valence-corrected chi connectivity index (χ4v) is 2.52. The summed E-state index contributed by atoms with van der Waals surface area (Å²) in [4.78, 5) is 4.64. The third-order valence-corrected chi connectivity index (χ3v) is 3.63. The number of nitrogens with one attached hydrogen (secondary N) is 1. The maximum absolute atomic E-state index is 5.35. The van der Waals surface area contributed by atoms with Crippen LogP contribution < -0.4 is 10.1 Å². The van der Waals surface area contributed by atoms with Crippen molar-refractivity contribution in [3.63, 3.8) is 0 Å². The van der Waals surface area contributed by atoms with E-state index in [1.165, 1.54) is 0 Å². The van der Waals surface area contributed by atoms with Gasteiger partial charge >= 0.3 is 0 Å². The molecule has 0 aliphatic rings. The molecule has 1 heterocycles. The summed E-state index contributed by atoms with van der Waals surface area (Å²) in [6.45, 7) is 2.10. The van der Waals surface area contributed by atoms with Gasteiger partial charge in [-0.3, -0.25) is 0 Å². The SMILES string of the molecule is CNC(C)c1csc(-c2ccccc2OC)n1. The predicted octanol–water partition coefficient (Wildman–Crippen LogP) is 3.10. The van der Waals surface area contributed by atoms with Crippen molar-refractivity contribution in [1.82, 2.24) is 10.3 Å². The van der Waals surface area contributed by atoms with Crippen LogP contribution in [-0.2, 0) is 0 Å². The Hall–Kier alpha value is -1.39. The van der Waals surface area contributed by atoms with E-state index in [0.717, 1.165) is 22.0 Å². The van der Waals surface area contributed by atoms with E-state index in [4.69, 9.17) is 4.74 Å². The van der Waals surface area contributed by atoms with Crippen LogP contribution in [0.25, 0.3) is 10.6 Å². The van der Waals surface area contributed by atoms with Crippen molar-refractivity contribution in [1.29, 1.82) is 0 Å². The van der Waals surface area contributed by atoms with Crippen molar-refractivity contribution in [3.8, 4) is 16.3 Å². The van der Waals surface area contributed by atoms with Crippen LogP contribution in [0.1, 0.15) is 18.7 Å². The van der Waals surface area contributed by atoms with E-state index in [9.17, 15) is 0 Å². The Kier molecular flexibility index (Phi) is 3.76. The van der Waals surface area contributed by atoms with Gasteiger partial charge in [-0.05, 0) is 26.1 Å². The van der Waals surface area contributed by atoms with Gasteiger partial charge in [-0.25, -0.2) is 4.98 Å². The summed E-state index contributed by atoms with van der Waals surface area (Å²) in [6, 6.07) is 8.23. The average molecular weight is 248 g/mol. The Bertz CT molecular complexity index is 496. The maximum Gasteiger partial charge on any atom is 0.129 e. The quantitative estimate of drug-likeness (QED) is 0.902. The molecule has 1 atom stereocenters. The topological polar surface area (TPSA) is 34.1 Å². The number of rotatable bonds is 4. The van der Waals surface area contributed by atoms with E-state index in [0.29, 0.717) is 0 Å². The lowest BCUT2D eigenvalue weighted by Crippen LogP contribution is -2.12. The van der Waals surface area contributed by atoms with Crippen LogP contribution in [0.15, 0.2) is 29.6 Å². The first-order valence-electron chi connectivity index (χ1n) is 5.52. The van der Waals surface area contributed by atoms with Crippen molar-refractivity contribution < 1.29 is 4.74 Å². The molecule has 0 fully saturated rings. The molecule has 4 heteroatoms. The number of ether oxygens (including phenoxy) is 1. The Morgan fingerprint density at radius 2 is 2.12 bits per heavy atom. The first-order chi connectivity index (χ1) is 8.26. The zero-order valence-electron chi connectivity index (χ0n) is 10.2. The maximum atomic E-state index is 5.35. The molecule has 90 valence electrons. The summed E-state index contributed by atoms with van der Waals surface area (Å²) in [5, 5.41) is 6.27. The molecular formula is C13H16N2OS. The number of aromatic nitrogens is 1. The summed E-state index contributed by atoms with van der Waals surface area (Å²) < 4.78 is 5.35. The fraction of sp³-hybridized carbons (Fsp3) is 0.308. The van der Waals surface area contributed by atoms with Crippen molar-refractivity contribution in [3.05, 3.63) is 35.3 Å². The molecule has 0 spiro atoms. The third-order valence-electron chi connectivity index (χ3n) is 2.74. The van der Waals surface area contributed by atoms with Gasteiger partial charge in [-0.2, -0.15) is 0 Å². The minimum atomic E-state index is 0.273. The Morgan fingerprint density at radius 3 is 2.82 bits per heavy atom. The van der Waals surface area contributed by atoms with Crippen LogP contribution in [0.4, 0.5) is 0 Å². The van der Waals surface area contributed by atoms with Crippen LogP contribution in [0.5, 0.6) is 5.75 Å². The molecule has 0 aliphatic carbocycles. The highest BCUT2D eigenvalue weighted by atomic mass is 32.1. The first kappa shape index (κ1) is 12.1. The molecule has 0 radical (unpaired) electrons. The van der Waals surface area contributed by atoms with Crippen LogP contribution in [-0.4, -0.2) is 19.1 Å². The molecule has 1 aromatic heterocycles. The van der Waals surface area contributed by atoms with Crippen molar-refractivity contribution in [2.24, 2.45) is 0 Å². The molecular weight excluding hydrogens is 232 g/mol. The third kappa shape index (κ3) is 2.48. The molecule has 1 unspecified atom stereocenters. The molecule has 2 rings (SSSR count). The van der Waals surface area contributed by atoms with Crippen LogP contribution in [0.2, 0.25) is 0 Å². The van der Waals surface area contributed by atoms with Gasteiger partial charge in [0.05, 0.1) is 18.4 Å².